The molecule has 0 aliphatic heterocycles. The summed E-state index contributed by atoms with van der Waals surface area (Å²) in [6.45, 7) is 1.92. The SMILES string of the molecule is CCOC(=O)C(CC1CCCC1)c1ccc(S(=O)(=O)N(C)CCO)cc1. The van der Waals surface area contributed by atoms with Gasteiger partial charge in [0.15, 0.2) is 0 Å². The van der Waals surface area contributed by atoms with E-state index in [0.29, 0.717) is 12.5 Å². The summed E-state index contributed by atoms with van der Waals surface area (Å²) in [5.74, 6) is -0.0825. The molecule has 1 aromatic carbocycles. The normalized spacial score (nSPS) is 16.8. The molecular weight excluding hydrogens is 354 g/mol. The molecule has 1 N–H and O–H groups in total. The molecule has 0 amide bonds. The second-order valence-corrected chi connectivity index (χ2v) is 8.85. The first kappa shape index (κ1) is 20.9. The average Bonchev–Trinajstić information content (AvgIpc) is 3.13. The zero-order valence-electron chi connectivity index (χ0n) is 15.6. The summed E-state index contributed by atoms with van der Waals surface area (Å²) in [5.41, 5.74) is 0.791. The van der Waals surface area contributed by atoms with Crippen molar-refractivity contribution in [3.8, 4) is 0 Å². The van der Waals surface area contributed by atoms with Gasteiger partial charge in [-0.3, -0.25) is 4.79 Å². The second-order valence-electron chi connectivity index (χ2n) is 6.81. The van der Waals surface area contributed by atoms with Gasteiger partial charge in [0, 0.05) is 13.6 Å². The number of carbonyl (C=O) groups is 1. The van der Waals surface area contributed by atoms with Crippen molar-refractivity contribution < 1.29 is 23.1 Å². The Morgan fingerprint density at radius 3 is 2.42 bits per heavy atom. The number of hydrogen-bond acceptors (Lipinski definition) is 5. The quantitative estimate of drug-likeness (QED) is 0.663. The van der Waals surface area contributed by atoms with E-state index in [1.165, 1.54) is 32.0 Å². The van der Waals surface area contributed by atoms with Crippen molar-refractivity contribution in [1.29, 1.82) is 0 Å². The van der Waals surface area contributed by atoms with Crippen LogP contribution in [0.1, 0.15) is 50.5 Å². The molecule has 1 atom stereocenters. The number of sulfonamides is 1. The Hall–Kier alpha value is -1.44. The topological polar surface area (TPSA) is 83.9 Å². The van der Waals surface area contributed by atoms with Gasteiger partial charge in [-0.15, -0.1) is 0 Å². The van der Waals surface area contributed by atoms with Gasteiger partial charge in [-0.1, -0.05) is 37.8 Å². The Balaban J connectivity index is 2.21. The van der Waals surface area contributed by atoms with E-state index < -0.39 is 10.0 Å². The number of esters is 1. The highest BCUT2D eigenvalue weighted by Crippen LogP contribution is 2.35. The molecule has 6 nitrogen and oxygen atoms in total. The van der Waals surface area contributed by atoms with Crippen LogP contribution in [0.4, 0.5) is 0 Å². The molecule has 26 heavy (non-hydrogen) atoms. The van der Waals surface area contributed by atoms with Crippen molar-refractivity contribution in [1.82, 2.24) is 4.31 Å². The number of aliphatic hydroxyl groups excluding tert-OH is 1. The molecule has 0 spiro atoms. The predicted octanol–water partition coefficient (Wildman–Crippen LogP) is 2.53. The zero-order chi connectivity index (χ0) is 19.2. The van der Waals surface area contributed by atoms with Crippen LogP contribution in [0.25, 0.3) is 0 Å². The third-order valence-corrected chi connectivity index (χ3v) is 6.89. The lowest BCUT2D eigenvalue weighted by molar-refractivity contribution is -0.145. The number of likely N-dealkylation sites (N-methyl/N-ethyl adjacent to an activating group) is 1. The molecule has 0 saturated heterocycles. The average molecular weight is 384 g/mol. The Morgan fingerprint density at radius 1 is 1.27 bits per heavy atom. The van der Waals surface area contributed by atoms with Crippen LogP contribution in [0, 0.1) is 5.92 Å². The van der Waals surface area contributed by atoms with Crippen molar-refractivity contribution >= 4 is 16.0 Å². The first-order valence-corrected chi connectivity index (χ1v) is 10.7. The van der Waals surface area contributed by atoms with Crippen LogP contribution in [0.15, 0.2) is 29.2 Å². The van der Waals surface area contributed by atoms with Crippen LogP contribution in [0.3, 0.4) is 0 Å². The van der Waals surface area contributed by atoms with Crippen LogP contribution >= 0.6 is 0 Å². The van der Waals surface area contributed by atoms with E-state index in [4.69, 9.17) is 9.84 Å². The van der Waals surface area contributed by atoms with Crippen LogP contribution in [-0.2, 0) is 19.6 Å². The Labute approximate surface area is 156 Å². The summed E-state index contributed by atoms with van der Waals surface area (Å²) >= 11 is 0. The maximum atomic E-state index is 12.4. The number of benzene rings is 1. The lowest BCUT2D eigenvalue weighted by Crippen LogP contribution is -2.29. The van der Waals surface area contributed by atoms with Crippen LogP contribution in [0.5, 0.6) is 0 Å². The minimum Gasteiger partial charge on any atom is -0.466 e. The fourth-order valence-corrected chi connectivity index (χ4v) is 4.67. The molecule has 1 fully saturated rings. The summed E-state index contributed by atoms with van der Waals surface area (Å²) in [4.78, 5) is 12.6. The Kier molecular flexibility index (Phi) is 7.61. The molecule has 2 rings (SSSR count). The second kappa shape index (κ2) is 9.48. The zero-order valence-corrected chi connectivity index (χ0v) is 16.4. The molecule has 146 valence electrons. The van der Waals surface area contributed by atoms with Crippen molar-refractivity contribution in [2.45, 2.75) is 49.8 Å². The lowest BCUT2D eigenvalue weighted by Gasteiger charge is -2.20. The Bertz CT molecular complexity index is 680. The highest BCUT2D eigenvalue weighted by atomic mass is 32.2. The summed E-state index contributed by atoms with van der Waals surface area (Å²) in [7, 11) is -2.21. The number of nitrogens with zero attached hydrogens (tertiary/aromatic N) is 1. The number of aliphatic hydroxyl groups is 1. The van der Waals surface area contributed by atoms with Crippen LogP contribution < -0.4 is 0 Å². The lowest BCUT2D eigenvalue weighted by atomic mass is 9.88. The molecule has 0 heterocycles. The van der Waals surface area contributed by atoms with Gasteiger partial charge in [0.1, 0.15) is 0 Å². The van der Waals surface area contributed by atoms with E-state index in [0.717, 1.165) is 29.1 Å². The molecule has 1 unspecified atom stereocenters. The summed E-state index contributed by atoms with van der Waals surface area (Å²) in [6.07, 6.45) is 5.42. The van der Waals surface area contributed by atoms with Gasteiger partial charge in [0.2, 0.25) is 10.0 Å². The summed E-state index contributed by atoms with van der Waals surface area (Å²) in [6, 6.07) is 6.46. The van der Waals surface area contributed by atoms with Gasteiger partial charge < -0.3 is 9.84 Å². The first-order valence-electron chi connectivity index (χ1n) is 9.24. The minimum atomic E-state index is -3.64. The molecule has 1 aliphatic rings. The third-order valence-electron chi connectivity index (χ3n) is 5.02. The molecule has 1 aromatic rings. The molecule has 1 aliphatic carbocycles. The maximum absolute atomic E-state index is 12.4. The number of hydrogen-bond donors (Lipinski definition) is 1. The van der Waals surface area contributed by atoms with E-state index in [1.54, 1.807) is 19.1 Å². The fraction of sp³-hybridized carbons (Fsp3) is 0.632. The summed E-state index contributed by atoms with van der Waals surface area (Å²) < 4.78 is 31.2. The van der Waals surface area contributed by atoms with Gasteiger partial charge in [-0.2, -0.15) is 4.31 Å². The molecular formula is C19H29NO5S. The van der Waals surface area contributed by atoms with E-state index in [9.17, 15) is 13.2 Å². The van der Waals surface area contributed by atoms with Gasteiger partial charge in [0.05, 0.1) is 24.0 Å². The Morgan fingerprint density at radius 2 is 1.88 bits per heavy atom. The van der Waals surface area contributed by atoms with Crippen LogP contribution in [0.2, 0.25) is 0 Å². The van der Waals surface area contributed by atoms with Gasteiger partial charge in [0.25, 0.3) is 0 Å². The number of ether oxygens (including phenoxy) is 1. The fourth-order valence-electron chi connectivity index (χ4n) is 3.50. The van der Waals surface area contributed by atoms with Gasteiger partial charge in [-0.05, 0) is 37.0 Å². The molecule has 0 bridgehead atoms. The molecule has 7 heteroatoms. The maximum Gasteiger partial charge on any atom is 0.313 e. The smallest absolute Gasteiger partial charge is 0.313 e. The van der Waals surface area contributed by atoms with Crippen molar-refractivity contribution in [3.05, 3.63) is 29.8 Å². The van der Waals surface area contributed by atoms with E-state index >= 15 is 0 Å². The largest absolute Gasteiger partial charge is 0.466 e. The van der Waals surface area contributed by atoms with E-state index in [1.807, 2.05) is 0 Å². The van der Waals surface area contributed by atoms with Crippen molar-refractivity contribution in [2.24, 2.45) is 5.92 Å². The first-order chi connectivity index (χ1) is 12.4. The van der Waals surface area contributed by atoms with E-state index in [2.05, 4.69) is 0 Å². The van der Waals surface area contributed by atoms with Gasteiger partial charge in [-0.25, -0.2) is 8.42 Å². The minimum absolute atomic E-state index is 0.0389. The van der Waals surface area contributed by atoms with Crippen molar-refractivity contribution in [3.63, 3.8) is 0 Å². The highest BCUT2D eigenvalue weighted by molar-refractivity contribution is 7.89. The monoisotopic (exact) mass is 383 g/mol. The van der Waals surface area contributed by atoms with Gasteiger partial charge >= 0.3 is 5.97 Å². The molecule has 0 radical (unpaired) electrons. The van der Waals surface area contributed by atoms with Crippen molar-refractivity contribution in [2.75, 3.05) is 26.8 Å². The highest BCUT2D eigenvalue weighted by Gasteiger charge is 2.28. The number of carbonyl (C=O) groups excluding carboxylic acids is 1. The van der Waals surface area contributed by atoms with Crippen LogP contribution in [-0.4, -0.2) is 50.6 Å². The molecule has 0 aromatic heterocycles. The standard InChI is InChI=1S/C19H29NO5S/c1-3-25-19(22)18(14-15-6-4-5-7-15)16-8-10-17(11-9-16)26(23,24)20(2)12-13-21/h8-11,15,18,21H,3-7,12-14H2,1-2H3. The molecule has 1 saturated carbocycles. The number of rotatable bonds is 9. The van der Waals surface area contributed by atoms with E-state index in [-0.39, 0.29) is 29.9 Å². The summed E-state index contributed by atoms with van der Waals surface area (Å²) in [5, 5.41) is 8.95. The predicted molar refractivity (Wildman–Crippen MR) is 99.3 cm³/mol. The third kappa shape index (κ3) is 5.05.